The van der Waals surface area contributed by atoms with E-state index in [0.29, 0.717) is 23.1 Å². The molecular weight excluding hydrogens is 308 g/mol. The lowest BCUT2D eigenvalue weighted by Gasteiger charge is -2.07. The van der Waals surface area contributed by atoms with E-state index in [-0.39, 0.29) is 5.91 Å². The van der Waals surface area contributed by atoms with Crippen molar-refractivity contribution in [2.45, 2.75) is 13.5 Å². The average molecular weight is 324 g/mol. The normalized spacial score (nSPS) is 10.3. The Morgan fingerprint density at radius 2 is 1.91 bits per heavy atom. The third-order valence-electron chi connectivity index (χ3n) is 3.21. The summed E-state index contributed by atoms with van der Waals surface area (Å²) in [6, 6.07) is 15.4. The van der Waals surface area contributed by atoms with Gasteiger partial charge in [0, 0.05) is 6.54 Å². The minimum Gasteiger partial charge on any atom is -0.365 e. The molecule has 23 heavy (non-hydrogen) atoms. The second-order valence-corrected chi connectivity index (χ2v) is 6.03. The van der Waals surface area contributed by atoms with Crippen LogP contribution >= 0.6 is 11.3 Å². The van der Waals surface area contributed by atoms with Crippen LogP contribution in [0.3, 0.4) is 0 Å². The molecule has 0 unspecified atom stereocenters. The molecule has 1 aromatic carbocycles. The van der Waals surface area contributed by atoms with E-state index in [4.69, 9.17) is 0 Å². The molecule has 5 nitrogen and oxygen atoms in total. The SMILES string of the molecule is Cc1cccc(CNc2ccc(NC(=O)c3cccs3)nn2)c1. The molecule has 0 fully saturated rings. The lowest BCUT2D eigenvalue weighted by atomic mass is 10.1. The molecule has 2 aromatic heterocycles. The monoisotopic (exact) mass is 324 g/mol. The van der Waals surface area contributed by atoms with Crippen molar-refractivity contribution in [2.75, 3.05) is 10.6 Å². The van der Waals surface area contributed by atoms with E-state index < -0.39 is 0 Å². The quantitative estimate of drug-likeness (QED) is 0.751. The van der Waals surface area contributed by atoms with Crippen LogP contribution < -0.4 is 10.6 Å². The Labute approximate surface area is 138 Å². The van der Waals surface area contributed by atoms with Crippen LogP contribution in [0, 0.1) is 6.92 Å². The number of benzene rings is 1. The largest absolute Gasteiger partial charge is 0.365 e. The maximum Gasteiger partial charge on any atom is 0.266 e. The molecule has 1 amide bonds. The number of thiophene rings is 1. The molecule has 0 saturated heterocycles. The molecule has 0 spiro atoms. The van der Waals surface area contributed by atoms with Gasteiger partial charge in [0.25, 0.3) is 5.91 Å². The molecule has 6 heteroatoms. The van der Waals surface area contributed by atoms with Crippen molar-refractivity contribution in [3.63, 3.8) is 0 Å². The maximum absolute atomic E-state index is 11.9. The van der Waals surface area contributed by atoms with E-state index in [9.17, 15) is 4.79 Å². The number of carbonyl (C=O) groups is 1. The Balaban J connectivity index is 1.58. The minimum absolute atomic E-state index is 0.172. The van der Waals surface area contributed by atoms with Gasteiger partial charge in [-0.25, -0.2) is 0 Å². The summed E-state index contributed by atoms with van der Waals surface area (Å²) in [6.07, 6.45) is 0. The second kappa shape index (κ2) is 7.02. The van der Waals surface area contributed by atoms with Gasteiger partial charge < -0.3 is 10.6 Å². The fraction of sp³-hybridized carbons (Fsp3) is 0.118. The van der Waals surface area contributed by atoms with Gasteiger partial charge in [0.15, 0.2) is 5.82 Å². The Morgan fingerprint density at radius 1 is 1.09 bits per heavy atom. The van der Waals surface area contributed by atoms with Crippen LogP contribution in [0.5, 0.6) is 0 Å². The summed E-state index contributed by atoms with van der Waals surface area (Å²) in [4.78, 5) is 12.6. The van der Waals surface area contributed by atoms with Crippen molar-refractivity contribution in [1.29, 1.82) is 0 Å². The number of nitrogens with zero attached hydrogens (tertiary/aromatic N) is 2. The summed E-state index contributed by atoms with van der Waals surface area (Å²) in [6.45, 7) is 2.74. The zero-order valence-corrected chi connectivity index (χ0v) is 13.4. The van der Waals surface area contributed by atoms with Gasteiger partial charge in [0.1, 0.15) is 5.82 Å². The third kappa shape index (κ3) is 4.14. The van der Waals surface area contributed by atoms with Crippen molar-refractivity contribution in [1.82, 2.24) is 10.2 Å². The minimum atomic E-state index is -0.172. The van der Waals surface area contributed by atoms with E-state index in [0.717, 1.165) is 0 Å². The molecular formula is C17H16N4OS. The van der Waals surface area contributed by atoms with Crippen LogP contribution in [-0.2, 0) is 6.54 Å². The number of aromatic nitrogens is 2. The van der Waals surface area contributed by atoms with Gasteiger partial charge in [-0.2, -0.15) is 0 Å². The Kier molecular flexibility index (Phi) is 4.63. The number of anilines is 2. The van der Waals surface area contributed by atoms with E-state index in [1.54, 1.807) is 18.2 Å². The highest BCUT2D eigenvalue weighted by Gasteiger charge is 2.07. The zero-order valence-electron chi connectivity index (χ0n) is 12.6. The van der Waals surface area contributed by atoms with E-state index in [1.807, 2.05) is 17.5 Å². The van der Waals surface area contributed by atoms with Gasteiger partial charge in [0.2, 0.25) is 0 Å². The molecule has 0 aliphatic carbocycles. The summed E-state index contributed by atoms with van der Waals surface area (Å²) in [5.74, 6) is 0.930. The van der Waals surface area contributed by atoms with Crippen molar-refractivity contribution >= 4 is 28.9 Å². The molecule has 3 aromatic rings. The first-order chi connectivity index (χ1) is 11.2. The molecule has 0 aliphatic heterocycles. The number of amides is 1. The van der Waals surface area contributed by atoms with Crippen molar-refractivity contribution in [2.24, 2.45) is 0 Å². The fourth-order valence-corrected chi connectivity index (χ4v) is 2.71. The number of nitrogens with one attached hydrogen (secondary N) is 2. The highest BCUT2D eigenvalue weighted by molar-refractivity contribution is 7.12. The summed E-state index contributed by atoms with van der Waals surface area (Å²) >= 11 is 1.39. The van der Waals surface area contributed by atoms with Crippen LogP contribution in [0.1, 0.15) is 20.8 Å². The van der Waals surface area contributed by atoms with E-state index >= 15 is 0 Å². The number of carbonyl (C=O) groups excluding carboxylic acids is 1. The summed E-state index contributed by atoms with van der Waals surface area (Å²) in [5.41, 5.74) is 2.41. The van der Waals surface area contributed by atoms with Crippen molar-refractivity contribution in [3.05, 3.63) is 69.9 Å². The first-order valence-electron chi connectivity index (χ1n) is 7.19. The van der Waals surface area contributed by atoms with Crippen LogP contribution in [0.25, 0.3) is 0 Å². The Bertz CT molecular complexity index is 785. The lowest BCUT2D eigenvalue weighted by molar-refractivity contribution is 0.103. The first kappa shape index (κ1) is 15.2. The van der Waals surface area contributed by atoms with Gasteiger partial charge in [-0.15, -0.1) is 21.5 Å². The lowest BCUT2D eigenvalue weighted by Crippen LogP contribution is -2.12. The molecule has 0 radical (unpaired) electrons. The highest BCUT2D eigenvalue weighted by Crippen LogP contribution is 2.13. The molecule has 0 atom stereocenters. The highest BCUT2D eigenvalue weighted by atomic mass is 32.1. The van der Waals surface area contributed by atoms with Crippen LogP contribution in [0.15, 0.2) is 53.9 Å². The number of hydrogen-bond acceptors (Lipinski definition) is 5. The zero-order chi connectivity index (χ0) is 16.1. The Morgan fingerprint density at radius 3 is 2.61 bits per heavy atom. The van der Waals surface area contributed by atoms with Crippen LogP contribution in [-0.4, -0.2) is 16.1 Å². The summed E-state index contributed by atoms with van der Waals surface area (Å²) in [7, 11) is 0. The molecule has 2 N–H and O–H groups in total. The smallest absolute Gasteiger partial charge is 0.266 e. The van der Waals surface area contributed by atoms with Gasteiger partial charge in [0.05, 0.1) is 4.88 Å². The van der Waals surface area contributed by atoms with Crippen LogP contribution in [0.2, 0.25) is 0 Å². The predicted molar refractivity (Wildman–Crippen MR) is 92.8 cm³/mol. The predicted octanol–water partition coefficient (Wildman–Crippen LogP) is 3.71. The third-order valence-corrected chi connectivity index (χ3v) is 4.08. The number of rotatable bonds is 5. The van der Waals surface area contributed by atoms with Gasteiger partial charge >= 0.3 is 0 Å². The summed E-state index contributed by atoms with van der Waals surface area (Å²) < 4.78 is 0. The second-order valence-electron chi connectivity index (χ2n) is 5.08. The Hall–Kier alpha value is -2.73. The molecule has 3 rings (SSSR count). The fourth-order valence-electron chi connectivity index (χ4n) is 2.09. The van der Waals surface area contributed by atoms with E-state index in [1.165, 1.54) is 22.5 Å². The molecule has 2 heterocycles. The molecule has 0 saturated carbocycles. The number of aryl methyl sites for hydroxylation is 1. The van der Waals surface area contributed by atoms with Gasteiger partial charge in [-0.3, -0.25) is 4.79 Å². The summed E-state index contributed by atoms with van der Waals surface area (Å²) in [5, 5.41) is 15.9. The first-order valence-corrected chi connectivity index (χ1v) is 8.07. The molecule has 116 valence electrons. The van der Waals surface area contributed by atoms with Crippen molar-refractivity contribution < 1.29 is 4.79 Å². The average Bonchev–Trinajstić information content (AvgIpc) is 3.09. The van der Waals surface area contributed by atoms with Gasteiger partial charge in [-0.05, 0) is 36.1 Å². The standard InChI is InChI=1S/C17H16N4OS/c1-12-4-2-5-13(10-12)11-18-15-7-8-16(21-20-15)19-17(22)14-6-3-9-23-14/h2-10H,11H2,1H3,(H,18,20)(H,19,21,22). The topological polar surface area (TPSA) is 66.9 Å². The molecule has 0 bridgehead atoms. The van der Waals surface area contributed by atoms with Crippen LogP contribution in [0.4, 0.5) is 11.6 Å². The maximum atomic E-state index is 11.9. The van der Waals surface area contributed by atoms with Gasteiger partial charge in [-0.1, -0.05) is 35.9 Å². The van der Waals surface area contributed by atoms with E-state index in [2.05, 4.69) is 46.0 Å². The van der Waals surface area contributed by atoms with Crippen molar-refractivity contribution in [3.8, 4) is 0 Å². The number of hydrogen-bond donors (Lipinski definition) is 2. The molecule has 0 aliphatic rings.